The standard InChI is InChI=1S/C11H16O.C11H16.C10H13Cl.C10H10F4.C10H11F3.2C10H13F.3C10H14.C9H11Cl.C9H11F/c1-8(2)10-5-6-11(12-4)9(3)7-10;1-8(2)11-7-5-6-9(3)10(11)4;1-7(2)9-4-5-10(11)8(3)6-9;1-6(2)7-3-4-9(11)8(5-7)10(12,13)14;1-7(2)8-3-5-9(6-4-8)10(11,12)13;1-7(2)9-4-8(3)5-10(11)6-9;1-7(2)9-6-8(3)4-5-10(9)11;3*1-8(2)10-6-4-5-9(3)7-10;2*1-7(2)8-3-5-9(10)6-4-8/h5-8H,1-4H3;5-8H,1-4H3;4-7H,1-3H3;3-6H,1-2H3;3-7H,1-2H3;2*4-7H,1-3H3;3*4-8H,1-3H3;2*3-7H,1-2H3. The molecule has 0 spiro atoms. The van der Waals surface area contributed by atoms with Gasteiger partial charge in [-0.15, -0.1) is 0 Å². The molecule has 12 rings (SSSR count). The largest absolute Gasteiger partial charge is 0.496 e. The Labute approximate surface area is 807 Å². The van der Waals surface area contributed by atoms with Gasteiger partial charge in [0, 0.05) is 10.0 Å². The van der Waals surface area contributed by atoms with Gasteiger partial charge in [-0.1, -0.05) is 388 Å². The van der Waals surface area contributed by atoms with E-state index in [4.69, 9.17) is 27.9 Å². The van der Waals surface area contributed by atoms with Gasteiger partial charge in [-0.3, -0.25) is 0 Å². The lowest BCUT2D eigenvalue weighted by atomic mass is 9.95. The van der Waals surface area contributed by atoms with Crippen molar-refractivity contribution in [2.24, 2.45) is 0 Å². The third-order valence-corrected chi connectivity index (χ3v) is 22.5. The molecule has 133 heavy (non-hydrogen) atoms. The molecule has 0 amide bonds. The van der Waals surface area contributed by atoms with E-state index in [0.717, 1.165) is 73.4 Å². The van der Waals surface area contributed by atoms with Crippen molar-refractivity contribution in [3.05, 3.63) is 416 Å². The van der Waals surface area contributed by atoms with Crippen LogP contribution >= 0.6 is 23.2 Å². The van der Waals surface area contributed by atoms with Gasteiger partial charge < -0.3 is 4.74 Å². The Morgan fingerprint density at radius 2 is 0.571 bits per heavy atom. The molecule has 12 aromatic carbocycles. The zero-order valence-corrected chi connectivity index (χ0v) is 87.6. The Hall–Kier alpha value is -9.68. The van der Waals surface area contributed by atoms with Gasteiger partial charge >= 0.3 is 12.4 Å². The Morgan fingerprint density at radius 1 is 0.241 bits per heavy atom. The van der Waals surface area contributed by atoms with E-state index in [1.54, 1.807) is 39.2 Å². The van der Waals surface area contributed by atoms with Crippen LogP contribution in [0.15, 0.2) is 255 Å². The number of hydrogen-bond acceptors (Lipinski definition) is 1. The van der Waals surface area contributed by atoms with Crippen LogP contribution in [0.3, 0.4) is 0 Å². The maximum Gasteiger partial charge on any atom is 0.419 e. The third-order valence-electron chi connectivity index (χ3n) is 21.8. The van der Waals surface area contributed by atoms with Crippen LogP contribution in [0.1, 0.15) is 365 Å². The lowest BCUT2D eigenvalue weighted by Gasteiger charge is -2.11. The summed E-state index contributed by atoms with van der Waals surface area (Å²) in [6.07, 6.45) is -8.84. The first-order valence-corrected chi connectivity index (χ1v) is 47.3. The quantitative estimate of drug-likeness (QED) is 0.105. The summed E-state index contributed by atoms with van der Waals surface area (Å²) >= 11 is 11.6. The summed E-state index contributed by atoms with van der Waals surface area (Å²) in [6.45, 7) is 69.3. The Morgan fingerprint density at radius 3 is 0.902 bits per heavy atom. The monoisotopic (exact) mass is 1870 g/mol. The molecule has 13 heteroatoms. The summed E-state index contributed by atoms with van der Waals surface area (Å²) in [5.41, 5.74) is 23.9. The van der Waals surface area contributed by atoms with E-state index >= 15 is 0 Å². The van der Waals surface area contributed by atoms with Gasteiger partial charge in [0.2, 0.25) is 0 Å². The van der Waals surface area contributed by atoms with E-state index in [9.17, 15) is 43.9 Å². The second-order valence-electron chi connectivity index (χ2n) is 37.7. The SMILES string of the molecule is CC(C)c1ccc(C(F)(F)F)cc1.CC(C)c1ccc(Cl)cc1.CC(C)c1ccc(F)c(C(F)(F)F)c1.CC(C)c1ccc(F)cc1.COc1ccc(C(C)C)cc1C.Cc1cc(C(C)C)ccc1Cl.Cc1cc(F)cc(C(C)C)c1.Cc1ccc(F)c(C(C)C)c1.Cc1cccc(C(C)C)c1.Cc1cccc(C(C)C)c1.Cc1cccc(C(C)C)c1.Cc1cccc(C(C)C)c1C. The predicted molar refractivity (Wildman–Crippen MR) is 555 cm³/mol. The molecule has 0 radical (unpaired) electrons. The molecule has 0 fully saturated rings. The highest BCUT2D eigenvalue weighted by Crippen LogP contribution is 2.35. The van der Waals surface area contributed by atoms with Crippen molar-refractivity contribution in [1.82, 2.24) is 0 Å². The minimum absolute atomic E-state index is 0.0447. The number of benzene rings is 12. The van der Waals surface area contributed by atoms with Crippen LogP contribution < -0.4 is 4.74 Å². The molecular weight excluding hydrogens is 1720 g/mol. The van der Waals surface area contributed by atoms with Crippen LogP contribution in [-0.4, -0.2) is 7.11 Å². The molecule has 1 nitrogen and oxygen atoms in total. The van der Waals surface area contributed by atoms with E-state index in [0.29, 0.717) is 58.8 Å². The first-order chi connectivity index (χ1) is 61.8. The Kier molecular flexibility index (Phi) is 56.0. The zero-order chi connectivity index (χ0) is 102. The number of alkyl halides is 6. The van der Waals surface area contributed by atoms with Gasteiger partial charge in [0.05, 0.1) is 18.2 Å². The summed E-state index contributed by atoms with van der Waals surface area (Å²) in [5.74, 6) is 5.14. The maximum absolute atomic E-state index is 13.0. The first kappa shape index (κ1) is 121. The maximum atomic E-state index is 13.0. The molecule has 0 N–H and O–H groups in total. The van der Waals surface area contributed by atoms with Crippen LogP contribution in [0.5, 0.6) is 5.75 Å². The van der Waals surface area contributed by atoms with Crippen molar-refractivity contribution >= 4 is 23.2 Å². The third kappa shape index (κ3) is 48.9. The summed E-state index contributed by atoms with van der Waals surface area (Å²) in [4.78, 5) is 0. The highest BCUT2D eigenvalue weighted by atomic mass is 35.5. The summed E-state index contributed by atoms with van der Waals surface area (Å²) in [7, 11) is 1.71. The number of hydrogen-bond donors (Lipinski definition) is 0. The predicted octanol–water partition coefficient (Wildman–Crippen LogP) is 40.4. The van der Waals surface area contributed by atoms with Gasteiger partial charge in [-0.25, -0.2) is 17.6 Å². The highest BCUT2D eigenvalue weighted by molar-refractivity contribution is 6.31. The molecule has 0 saturated carbocycles. The molecule has 0 aromatic heterocycles. The topological polar surface area (TPSA) is 9.23 Å². The molecule has 0 unspecified atom stereocenters. The molecule has 12 aromatic rings. The fourth-order valence-corrected chi connectivity index (χ4v) is 13.1. The highest BCUT2D eigenvalue weighted by Gasteiger charge is 2.34. The minimum atomic E-state index is -4.62. The average Bonchev–Trinajstić information content (AvgIpc) is 0.817. The average molecular weight is 1880 g/mol. The van der Waals surface area contributed by atoms with Gasteiger partial charge in [-0.2, -0.15) is 26.3 Å². The molecule has 0 saturated heterocycles. The number of ether oxygens (including phenoxy) is 1. The van der Waals surface area contributed by atoms with Gasteiger partial charge in [0.15, 0.2) is 0 Å². The smallest absolute Gasteiger partial charge is 0.419 e. The fraction of sp³-hybridized carbons (Fsp3) is 0.400. The van der Waals surface area contributed by atoms with Crippen molar-refractivity contribution in [2.75, 3.05) is 7.11 Å². The number of methoxy groups -OCH3 is 1. The molecular formula is C120H156Cl2F10O. The summed E-state index contributed by atoms with van der Waals surface area (Å²) in [6, 6.07) is 78.4. The number of aryl methyl sites for hydroxylation is 8. The number of rotatable bonds is 13. The second kappa shape index (κ2) is 61.3. The summed E-state index contributed by atoms with van der Waals surface area (Å²) in [5, 5.41) is 1.67. The lowest BCUT2D eigenvalue weighted by molar-refractivity contribution is -0.140. The molecule has 0 aliphatic heterocycles. The Bertz CT molecular complexity index is 5060. The molecule has 726 valence electrons. The van der Waals surface area contributed by atoms with E-state index < -0.39 is 29.3 Å². The van der Waals surface area contributed by atoms with E-state index in [1.807, 2.05) is 97.0 Å². The van der Waals surface area contributed by atoms with Crippen LogP contribution in [0.4, 0.5) is 43.9 Å². The van der Waals surface area contributed by atoms with Crippen molar-refractivity contribution in [3.63, 3.8) is 0 Å². The van der Waals surface area contributed by atoms with Gasteiger partial charge in [-0.05, 0) is 307 Å². The van der Waals surface area contributed by atoms with Gasteiger partial charge in [0.1, 0.15) is 29.0 Å². The second-order valence-corrected chi connectivity index (χ2v) is 38.5. The van der Waals surface area contributed by atoms with Crippen LogP contribution in [0.2, 0.25) is 10.0 Å². The number of halogens is 12. The summed E-state index contributed by atoms with van der Waals surface area (Å²) < 4.78 is 129. The van der Waals surface area contributed by atoms with E-state index in [-0.39, 0.29) is 35.2 Å². The van der Waals surface area contributed by atoms with Crippen molar-refractivity contribution in [2.45, 2.75) is 312 Å². The van der Waals surface area contributed by atoms with E-state index in [2.05, 4.69) is 294 Å². The van der Waals surface area contributed by atoms with Crippen molar-refractivity contribution in [3.8, 4) is 5.75 Å². The first-order valence-electron chi connectivity index (χ1n) is 46.6. The van der Waals surface area contributed by atoms with Crippen LogP contribution in [0, 0.1) is 85.6 Å². The molecule has 0 bridgehead atoms. The Balaban J connectivity index is 0.000000726. The molecule has 0 aliphatic rings. The van der Waals surface area contributed by atoms with Crippen LogP contribution in [0.25, 0.3) is 0 Å². The fourth-order valence-electron chi connectivity index (χ4n) is 12.8. The molecule has 0 heterocycles. The van der Waals surface area contributed by atoms with Crippen LogP contribution in [-0.2, 0) is 12.4 Å². The van der Waals surface area contributed by atoms with E-state index in [1.165, 1.54) is 114 Å². The molecule has 0 aliphatic carbocycles. The normalized spacial score (nSPS) is 10.8. The van der Waals surface area contributed by atoms with Crippen molar-refractivity contribution < 1.29 is 48.6 Å². The van der Waals surface area contributed by atoms with Crippen molar-refractivity contribution in [1.29, 1.82) is 0 Å². The van der Waals surface area contributed by atoms with Gasteiger partial charge in [0.25, 0.3) is 0 Å². The molecule has 0 atom stereocenters. The minimum Gasteiger partial charge on any atom is -0.496 e. The zero-order valence-electron chi connectivity index (χ0n) is 86.1. The lowest BCUT2D eigenvalue weighted by Crippen LogP contribution is -2.09.